The van der Waals surface area contributed by atoms with E-state index in [9.17, 15) is 0 Å². The normalized spacial score (nSPS) is 10.1. The van der Waals surface area contributed by atoms with Crippen molar-refractivity contribution < 1.29 is 4.52 Å². The van der Waals surface area contributed by atoms with Crippen molar-refractivity contribution in [1.29, 1.82) is 0 Å². The Morgan fingerprint density at radius 2 is 2.33 bits per heavy atom. The van der Waals surface area contributed by atoms with Crippen molar-refractivity contribution in [3.8, 4) is 0 Å². The molecule has 0 unspecified atom stereocenters. The second-order valence-corrected chi connectivity index (χ2v) is 2.99. The Hall–Kier alpha value is -2.11. The van der Waals surface area contributed by atoms with Crippen LogP contribution in [0.4, 0.5) is 11.5 Å². The molecule has 2 aromatic rings. The van der Waals surface area contributed by atoms with Crippen LogP contribution in [0.5, 0.6) is 0 Å². The van der Waals surface area contributed by atoms with E-state index in [0.717, 1.165) is 12.2 Å². The largest absolute Gasteiger partial charge is 0.384 e. The standard InChI is InChI=1S/C9H11N5O/c10-8-5-7(1-3-12-8)11-4-2-9-13-6-15-14-9/h1,3,5-6H,2,4H2,(H3,10,11,12). The molecule has 0 spiro atoms. The van der Waals surface area contributed by atoms with Crippen LogP contribution in [-0.4, -0.2) is 21.7 Å². The monoisotopic (exact) mass is 205 g/mol. The number of anilines is 2. The molecule has 2 aromatic heterocycles. The first-order valence-corrected chi connectivity index (χ1v) is 4.55. The summed E-state index contributed by atoms with van der Waals surface area (Å²) in [5.41, 5.74) is 6.47. The molecule has 0 saturated heterocycles. The quantitative estimate of drug-likeness (QED) is 0.763. The van der Waals surface area contributed by atoms with Gasteiger partial charge in [-0.1, -0.05) is 5.16 Å². The van der Waals surface area contributed by atoms with Gasteiger partial charge >= 0.3 is 0 Å². The smallest absolute Gasteiger partial charge is 0.213 e. The number of nitrogen functional groups attached to an aromatic ring is 1. The van der Waals surface area contributed by atoms with E-state index in [0.29, 0.717) is 18.1 Å². The van der Waals surface area contributed by atoms with E-state index in [-0.39, 0.29) is 0 Å². The molecular weight excluding hydrogens is 194 g/mol. The average Bonchev–Trinajstić information content (AvgIpc) is 2.71. The van der Waals surface area contributed by atoms with Gasteiger partial charge in [-0.05, 0) is 6.07 Å². The van der Waals surface area contributed by atoms with Crippen molar-refractivity contribution in [3.63, 3.8) is 0 Å². The van der Waals surface area contributed by atoms with Crippen molar-refractivity contribution in [3.05, 3.63) is 30.5 Å². The molecule has 0 saturated carbocycles. The lowest BCUT2D eigenvalue weighted by Crippen LogP contribution is -2.06. The van der Waals surface area contributed by atoms with Crippen molar-refractivity contribution in [2.75, 3.05) is 17.6 Å². The Kier molecular flexibility index (Phi) is 2.77. The first-order valence-electron chi connectivity index (χ1n) is 4.55. The minimum absolute atomic E-state index is 0.500. The van der Waals surface area contributed by atoms with E-state index < -0.39 is 0 Å². The summed E-state index contributed by atoms with van der Waals surface area (Å²) in [7, 11) is 0. The molecule has 0 aliphatic carbocycles. The van der Waals surface area contributed by atoms with Crippen LogP contribution < -0.4 is 11.1 Å². The predicted octanol–water partition coefficient (Wildman–Crippen LogP) is 0.701. The molecule has 15 heavy (non-hydrogen) atoms. The lowest BCUT2D eigenvalue weighted by Gasteiger charge is -2.04. The molecule has 2 heterocycles. The maximum absolute atomic E-state index is 5.53. The third-order valence-electron chi connectivity index (χ3n) is 1.87. The molecule has 78 valence electrons. The first-order chi connectivity index (χ1) is 7.34. The summed E-state index contributed by atoms with van der Waals surface area (Å²) in [5, 5.41) is 6.88. The number of pyridine rings is 1. The summed E-state index contributed by atoms with van der Waals surface area (Å²) in [6.45, 7) is 0.725. The lowest BCUT2D eigenvalue weighted by molar-refractivity contribution is 0.410. The number of nitrogens with one attached hydrogen (secondary N) is 1. The minimum Gasteiger partial charge on any atom is -0.384 e. The second-order valence-electron chi connectivity index (χ2n) is 2.99. The SMILES string of the molecule is Nc1cc(NCCc2ncon2)ccn1. The molecule has 0 aliphatic rings. The highest BCUT2D eigenvalue weighted by molar-refractivity contribution is 5.49. The minimum atomic E-state index is 0.500. The van der Waals surface area contributed by atoms with Crippen LogP contribution in [0.25, 0.3) is 0 Å². The van der Waals surface area contributed by atoms with Crippen molar-refractivity contribution in [2.24, 2.45) is 0 Å². The van der Waals surface area contributed by atoms with Crippen LogP contribution in [0.3, 0.4) is 0 Å². The van der Waals surface area contributed by atoms with Crippen molar-refractivity contribution in [1.82, 2.24) is 15.1 Å². The molecule has 2 rings (SSSR count). The van der Waals surface area contributed by atoms with E-state index in [1.54, 1.807) is 12.3 Å². The maximum Gasteiger partial charge on any atom is 0.213 e. The molecule has 0 bridgehead atoms. The second kappa shape index (κ2) is 4.41. The molecule has 0 aliphatic heterocycles. The van der Waals surface area contributed by atoms with Gasteiger partial charge in [0.1, 0.15) is 5.82 Å². The molecule has 0 aromatic carbocycles. The van der Waals surface area contributed by atoms with E-state index in [4.69, 9.17) is 5.73 Å². The lowest BCUT2D eigenvalue weighted by atomic mass is 10.3. The predicted molar refractivity (Wildman–Crippen MR) is 55.1 cm³/mol. The molecule has 0 amide bonds. The summed E-state index contributed by atoms with van der Waals surface area (Å²) < 4.78 is 4.62. The van der Waals surface area contributed by atoms with Gasteiger partial charge in [0.25, 0.3) is 0 Å². The Morgan fingerprint density at radius 3 is 3.07 bits per heavy atom. The Bertz CT molecular complexity index is 414. The fourth-order valence-corrected chi connectivity index (χ4v) is 1.18. The van der Waals surface area contributed by atoms with Gasteiger partial charge in [0, 0.05) is 30.9 Å². The Labute approximate surface area is 86.5 Å². The number of nitrogens with zero attached hydrogens (tertiary/aromatic N) is 3. The van der Waals surface area contributed by atoms with E-state index in [1.165, 1.54) is 6.39 Å². The topological polar surface area (TPSA) is 89.9 Å². The molecule has 3 N–H and O–H groups in total. The van der Waals surface area contributed by atoms with Crippen LogP contribution in [0, 0.1) is 0 Å². The summed E-state index contributed by atoms with van der Waals surface area (Å²) in [4.78, 5) is 7.81. The van der Waals surface area contributed by atoms with Gasteiger partial charge in [-0.25, -0.2) is 4.98 Å². The number of nitrogens with two attached hydrogens (primary N) is 1. The van der Waals surface area contributed by atoms with Gasteiger partial charge in [0.2, 0.25) is 6.39 Å². The van der Waals surface area contributed by atoms with E-state index >= 15 is 0 Å². The average molecular weight is 205 g/mol. The third kappa shape index (κ3) is 2.67. The zero-order valence-corrected chi connectivity index (χ0v) is 8.05. The summed E-state index contributed by atoms with van der Waals surface area (Å²) >= 11 is 0. The van der Waals surface area contributed by atoms with Gasteiger partial charge in [-0.2, -0.15) is 4.98 Å². The van der Waals surface area contributed by atoms with Crippen LogP contribution in [-0.2, 0) is 6.42 Å². The van der Waals surface area contributed by atoms with Crippen molar-refractivity contribution in [2.45, 2.75) is 6.42 Å². The summed E-state index contributed by atoms with van der Waals surface area (Å²) in [6, 6.07) is 3.63. The molecule has 0 radical (unpaired) electrons. The van der Waals surface area contributed by atoms with Gasteiger partial charge in [0.05, 0.1) is 0 Å². The summed E-state index contributed by atoms with van der Waals surface area (Å²) in [5.74, 6) is 1.18. The Morgan fingerprint density at radius 1 is 1.40 bits per heavy atom. The number of aromatic nitrogens is 3. The molecule has 6 nitrogen and oxygen atoms in total. The van der Waals surface area contributed by atoms with Gasteiger partial charge in [0.15, 0.2) is 5.82 Å². The molecule has 0 atom stereocenters. The zero-order valence-electron chi connectivity index (χ0n) is 8.05. The zero-order chi connectivity index (χ0) is 10.5. The summed E-state index contributed by atoms with van der Waals surface area (Å²) in [6.07, 6.45) is 3.69. The highest BCUT2D eigenvalue weighted by atomic mass is 16.5. The van der Waals surface area contributed by atoms with Crippen molar-refractivity contribution >= 4 is 11.5 Å². The fourth-order valence-electron chi connectivity index (χ4n) is 1.18. The van der Waals surface area contributed by atoms with Gasteiger partial charge in [-0.3, -0.25) is 0 Å². The number of hydrogen-bond acceptors (Lipinski definition) is 6. The maximum atomic E-state index is 5.53. The van der Waals surface area contributed by atoms with Crippen LogP contribution in [0.2, 0.25) is 0 Å². The molecule has 6 heteroatoms. The highest BCUT2D eigenvalue weighted by Crippen LogP contribution is 2.08. The van der Waals surface area contributed by atoms with Crippen LogP contribution in [0.15, 0.2) is 29.2 Å². The van der Waals surface area contributed by atoms with E-state index in [2.05, 4.69) is 25.0 Å². The fraction of sp³-hybridized carbons (Fsp3) is 0.222. The number of rotatable bonds is 4. The number of hydrogen-bond donors (Lipinski definition) is 2. The molecule has 0 fully saturated rings. The van der Waals surface area contributed by atoms with E-state index in [1.807, 2.05) is 6.07 Å². The van der Waals surface area contributed by atoms with Gasteiger partial charge in [-0.15, -0.1) is 0 Å². The van der Waals surface area contributed by atoms with Crippen LogP contribution in [0.1, 0.15) is 5.82 Å². The van der Waals surface area contributed by atoms with Crippen LogP contribution >= 0.6 is 0 Å². The molecular formula is C9H11N5O. The highest BCUT2D eigenvalue weighted by Gasteiger charge is 1.98. The first kappa shape index (κ1) is 9.45. The Balaban J connectivity index is 1.83. The van der Waals surface area contributed by atoms with Gasteiger partial charge < -0.3 is 15.6 Å². The third-order valence-corrected chi connectivity index (χ3v) is 1.87.